The van der Waals surface area contributed by atoms with Gasteiger partial charge in [0, 0.05) is 18.4 Å². The SMILES string of the molecule is NC(=O)[C@H]1CCCC[C@H]1C(=O)NCCc1ccccc1. The van der Waals surface area contributed by atoms with E-state index >= 15 is 0 Å². The molecule has 1 aromatic carbocycles. The van der Waals surface area contributed by atoms with E-state index in [0.717, 1.165) is 32.1 Å². The van der Waals surface area contributed by atoms with Gasteiger partial charge >= 0.3 is 0 Å². The van der Waals surface area contributed by atoms with E-state index in [0.29, 0.717) is 6.54 Å². The maximum Gasteiger partial charge on any atom is 0.223 e. The third-order valence-corrected chi connectivity index (χ3v) is 4.02. The summed E-state index contributed by atoms with van der Waals surface area (Å²) in [6, 6.07) is 10.0. The number of nitrogens with one attached hydrogen (secondary N) is 1. The predicted molar refractivity (Wildman–Crippen MR) is 77.8 cm³/mol. The molecule has 4 heteroatoms. The Hall–Kier alpha value is -1.84. The van der Waals surface area contributed by atoms with Crippen molar-refractivity contribution in [2.24, 2.45) is 17.6 Å². The van der Waals surface area contributed by atoms with Crippen molar-refractivity contribution in [2.75, 3.05) is 6.54 Å². The summed E-state index contributed by atoms with van der Waals surface area (Å²) >= 11 is 0. The molecule has 0 spiro atoms. The number of primary amides is 1. The maximum absolute atomic E-state index is 12.2. The molecule has 0 aliphatic heterocycles. The Kier molecular flexibility index (Phi) is 5.16. The summed E-state index contributed by atoms with van der Waals surface area (Å²) in [6.45, 7) is 0.602. The van der Waals surface area contributed by atoms with Crippen molar-refractivity contribution in [2.45, 2.75) is 32.1 Å². The zero-order valence-electron chi connectivity index (χ0n) is 11.7. The molecular formula is C16H22N2O2. The maximum atomic E-state index is 12.2. The Balaban J connectivity index is 1.83. The first kappa shape index (κ1) is 14.6. The lowest BCUT2D eigenvalue weighted by molar-refractivity contribution is -0.134. The van der Waals surface area contributed by atoms with Crippen LogP contribution in [0.1, 0.15) is 31.2 Å². The lowest BCUT2D eigenvalue weighted by atomic mass is 9.78. The van der Waals surface area contributed by atoms with E-state index in [4.69, 9.17) is 5.73 Å². The van der Waals surface area contributed by atoms with Crippen molar-refractivity contribution < 1.29 is 9.59 Å². The zero-order valence-corrected chi connectivity index (χ0v) is 11.7. The minimum Gasteiger partial charge on any atom is -0.369 e. The van der Waals surface area contributed by atoms with Crippen LogP contribution in [-0.2, 0) is 16.0 Å². The topological polar surface area (TPSA) is 72.2 Å². The molecule has 0 saturated heterocycles. The second-order valence-corrected chi connectivity index (χ2v) is 5.43. The molecule has 0 heterocycles. The fraction of sp³-hybridized carbons (Fsp3) is 0.500. The number of carbonyl (C=O) groups excluding carboxylic acids is 2. The van der Waals surface area contributed by atoms with Crippen molar-refractivity contribution in [3.63, 3.8) is 0 Å². The van der Waals surface area contributed by atoms with E-state index in [1.165, 1.54) is 5.56 Å². The van der Waals surface area contributed by atoms with Gasteiger partial charge in [0.1, 0.15) is 0 Å². The van der Waals surface area contributed by atoms with E-state index in [2.05, 4.69) is 5.32 Å². The van der Waals surface area contributed by atoms with Gasteiger partial charge in [-0.2, -0.15) is 0 Å². The highest BCUT2D eigenvalue weighted by molar-refractivity contribution is 5.87. The Bertz CT molecular complexity index is 459. The van der Waals surface area contributed by atoms with Crippen molar-refractivity contribution in [1.29, 1.82) is 0 Å². The van der Waals surface area contributed by atoms with Crippen molar-refractivity contribution in [3.05, 3.63) is 35.9 Å². The van der Waals surface area contributed by atoms with Crippen molar-refractivity contribution in [3.8, 4) is 0 Å². The molecule has 1 saturated carbocycles. The molecule has 0 aromatic heterocycles. The molecule has 2 rings (SSSR count). The summed E-state index contributed by atoms with van der Waals surface area (Å²) in [5, 5.41) is 2.94. The smallest absolute Gasteiger partial charge is 0.223 e. The monoisotopic (exact) mass is 274 g/mol. The Morgan fingerprint density at radius 2 is 1.75 bits per heavy atom. The van der Waals surface area contributed by atoms with Crippen LogP contribution >= 0.6 is 0 Å². The van der Waals surface area contributed by atoms with Gasteiger partial charge in [0.2, 0.25) is 11.8 Å². The summed E-state index contributed by atoms with van der Waals surface area (Å²) in [4.78, 5) is 23.6. The molecule has 1 aliphatic carbocycles. The van der Waals surface area contributed by atoms with Crippen LogP contribution in [0.2, 0.25) is 0 Å². The van der Waals surface area contributed by atoms with Gasteiger partial charge in [0.05, 0.1) is 0 Å². The highest BCUT2D eigenvalue weighted by Crippen LogP contribution is 2.29. The Labute approximate surface area is 119 Å². The molecule has 0 unspecified atom stereocenters. The number of hydrogen-bond acceptors (Lipinski definition) is 2. The van der Waals surface area contributed by atoms with Crippen LogP contribution in [-0.4, -0.2) is 18.4 Å². The van der Waals surface area contributed by atoms with Crippen LogP contribution in [0.5, 0.6) is 0 Å². The van der Waals surface area contributed by atoms with Gasteiger partial charge in [0.25, 0.3) is 0 Å². The second-order valence-electron chi connectivity index (χ2n) is 5.43. The van der Waals surface area contributed by atoms with Crippen LogP contribution in [0, 0.1) is 11.8 Å². The molecule has 2 amide bonds. The highest BCUT2D eigenvalue weighted by atomic mass is 16.2. The minimum absolute atomic E-state index is 0.0237. The van der Waals surface area contributed by atoms with Gasteiger partial charge in [-0.05, 0) is 24.8 Å². The number of rotatable bonds is 5. The first-order valence-electron chi connectivity index (χ1n) is 7.29. The molecule has 108 valence electrons. The number of hydrogen-bond donors (Lipinski definition) is 2. The summed E-state index contributed by atoms with van der Waals surface area (Å²) in [5.74, 6) is -0.894. The molecule has 4 nitrogen and oxygen atoms in total. The van der Waals surface area contributed by atoms with Crippen molar-refractivity contribution >= 4 is 11.8 Å². The summed E-state index contributed by atoms with van der Waals surface area (Å²) in [7, 11) is 0. The molecular weight excluding hydrogens is 252 g/mol. The summed E-state index contributed by atoms with van der Waals surface area (Å²) in [5.41, 5.74) is 6.59. The molecule has 1 fully saturated rings. The number of carbonyl (C=O) groups is 2. The second kappa shape index (κ2) is 7.08. The molecule has 1 aromatic rings. The number of nitrogens with two attached hydrogens (primary N) is 1. The molecule has 0 radical (unpaired) electrons. The fourth-order valence-electron chi connectivity index (χ4n) is 2.89. The van der Waals surface area contributed by atoms with Crippen molar-refractivity contribution in [1.82, 2.24) is 5.32 Å². The average Bonchev–Trinajstić information content (AvgIpc) is 2.48. The standard InChI is InChI=1S/C16H22N2O2/c17-15(19)13-8-4-5-9-14(13)16(20)18-11-10-12-6-2-1-3-7-12/h1-3,6-7,13-14H,4-5,8-11H2,(H2,17,19)(H,18,20)/t13-,14+/m0/s1. The lowest BCUT2D eigenvalue weighted by Gasteiger charge is -2.28. The first-order valence-corrected chi connectivity index (χ1v) is 7.29. The van der Waals surface area contributed by atoms with Crippen LogP contribution < -0.4 is 11.1 Å². The van der Waals surface area contributed by atoms with Gasteiger partial charge in [0.15, 0.2) is 0 Å². The average molecular weight is 274 g/mol. The predicted octanol–water partition coefficient (Wildman–Crippen LogP) is 1.64. The molecule has 3 N–H and O–H groups in total. The van der Waals surface area contributed by atoms with Crippen LogP contribution in [0.4, 0.5) is 0 Å². The minimum atomic E-state index is -0.340. The Morgan fingerprint density at radius 1 is 1.10 bits per heavy atom. The van der Waals surface area contributed by atoms with E-state index in [1.54, 1.807) is 0 Å². The molecule has 2 atom stereocenters. The zero-order chi connectivity index (χ0) is 14.4. The van der Waals surface area contributed by atoms with Gasteiger partial charge in [-0.3, -0.25) is 9.59 Å². The van der Waals surface area contributed by atoms with E-state index < -0.39 is 0 Å². The Morgan fingerprint density at radius 3 is 2.40 bits per heavy atom. The summed E-state index contributed by atoms with van der Waals surface area (Å²) < 4.78 is 0. The number of amides is 2. The van der Waals surface area contributed by atoms with E-state index in [-0.39, 0.29) is 23.7 Å². The van der Waals surface area contributed by atoms with Gasteiger partial charge in [-0.1, -0.05) is 43.2 Å². The van der Waals surface area contributed by atoms with Crippen LogP contribution in [0.15, 0.2) is 30.3 Å². The molecule has 20 heavy (non-hydrogen) atoms. The van der Waals surface area contributed by atoms with Crippen LogP contribution in [0.25, 0.3) is 0 Å². The first-order chi connectivity index (χ1) is 9.68. The third-order valence-electron chi connectivity index (χ3n) is 4.02. The quantitative estimate of drug-likeness (QED) is 0.856. The van der Waals surface area contributed by atoms with Crippen LogP contribution in [0.3, 0.4) is 0 Å². The number of benzene rings is 1. The van der Waals surface area contributed by atoms with Gasteiger partial charge in [-0.15, -0.1) is 0 Å². The molecule has 1 aliphatic rings. The van der Waals surface area contributed by atoms with Gasteiger partial charge in [-0.25, -0.2) is 0 Å². The fourth-order valence-corrected chi connectivity index (χ4v) is 2.89. The molecule has 0 bridgehead atoms. The van der Waals surface area contributed by atoms with E-state index in [9.17, 15) is 9.59 Å². The largest absolute Gasteiger partial charge is 0.369 e. The normalized spacial score (nSPS) is 22.2. The van der Waals surface area contributed by atoms with E-state index in [1.807, 2.05) is 30.3 Å². The third kappa shape index (κ3) is 3.83. The lowest BCUT2D eigenvalue weighted by Crippen LogP contribution is -2.42. The summed E-state index contributed by atoms with van der Waals surface area (Å²) in [6.07, 6.45) is 4.30. The van der Waals surface area contributed by atoms with Gasteiger partial charge < -0.3 is 11.1 Å². The highest BCUT2D eigenvalue weighted by Gasteiger charge is 2.34.